The van der Waals surface area contributed by atoms with Gasteiger partial charge in [-0.25, -0.2) is 4.98 Å². The van der Waals surface area contributed by atoms with Crippen LogP contribution in [0.4, 0.5) is 5.69 Å². The van der Waals surface area contributed by atoms with Crippen LogP contribution >= 0.6 is 11.3 Å². The van der Waals surface area contributed by atoms with Crippen molar-refractivity contribution in [3.63, 3.8) is 0 Å². The van der Waals surface area contributed by atoms with Crippen LogP contribution in [0.1, 0.15) is 113 Å². The van der Waals surface area contributed by atoms with Crippen LogP contribution in [0.15, 0.2) is 12.1 Å². The standard InChI is InChI=1S/C31H43N3O3S/c1-30(2,3)22-16-20(17-23-26(22)34-25(35)18-31(23,4)5)27-24(15-19-9-7-6-8-10-19)33-29(38-27)28(36)32-21-11-13-37-14-12-21/h16-17,19,21H,6-15,18H2,1-5H3,(H,32,36)(H,34,35). The van der Waals surface area contributed by atoms with E-state index in [1.807, 2.05) is 0 Å². The number of amides is 2. The molecule has 6 nitrogen and oxygen atoms in total. The van der Waals surface area contributed by atoms with Gasteiger partial charge in [0.15, 0.2) is 5.01 Å². The van der Waals surface area contributed by atoms with Crippen LogP contribution in [0.3, 0.4) is 0 Å². The van der Waals surface area contributed by atoms with E-state index in [1.165, 1.54) is 49.0 Å². The van der Waals surface area contributed by atoms with Gasteiger partial charge in [-0.05, 0) is 59.4 Å². The van der Waals surface area contributed by atoms with E-state index in [-0.39, 0.29) is 28.7 Å². The molecule has 1 aromatic carbocycles. The number of anilines is 1. The molecule has 2 fully saturated rings. The Labute approximate surface area is 231 Å². The van der Waals surface area contributed by atoms with Crippen LogP contribution in [0.5, 0.6) is 0 Å². The van der Waals surface area contributed by atoms with Crippen LogP contribution in [-0.2, 0) is 26.8 Å². The number of fused-ring (bicyclic) bond motifs is 1. The summed E-state index contributed by atoms with van der Waals surface area (Å²) in [5, 5.41) is 6.96. The molecule has 0 unspecified atom stereocenters. The average Bonchev–Trinajstić information content (AvgIpc) is 3.27. The first-order chi connectivity index (χ1) is 18.0. The Hall–Kier alpha value is -2.25. The third kappa shape index (κ3) is 5.84. The maximum absolute atomic E-state index is 13.3. The molecule has 38 heavy (non-hydrogen) atoms. The Morgan fingerprint density at radius 2 is 1.84 bits per heavy atom. The number of carbonyl (C=O) groups excluding carboxylic acids is 2. The molecular formula is C31H43N3O3S. The number of carbonyl (C=O) groups is 2. The highest BCUT2D eigenvalue weighted by Crippen LogP contribution is 2.46. The van der Waals surface area contributed by atoms with Crippen molar-refractivity contribution in [2.24, 2.45) is 5.92 Å². The van der Waals surface area contributed by atoms with Gasteiger partial charge in [0.25, 0.3) is 5.91 Å². The van der Waals surface area contributed by atoms with Crippen LogP contribution in [-0.4, -0.2) is 36.1 Å². The number of rotatable bonds is 5. The number of thiazole rings is 1. The lowest BCUT2D eigenvalue weighted by Crippen LogP contribution is -2.38. The van der Waals surface area contributed by atoms with Gasteiger partial charge in [0, 0.05) is 36.8 Å². The van der Waals surface area contributed by atoms with Crippen molar-refractivity contribution in [3.05, 3.63) is 34.0 Å². The van der Waals surface area contributed by atoms with Crippen LogP contribution in [0, 0.1) is 5.92 Å². The molecule has 7 heteroatoms. The largest absolute Gasteiger partial charge is 0.381 e. The van der Waals surface area contributed by atoms with Gasteiger partial charge in [0.1, 0.15) is 0 Å². The first-order valence-corrected chi connectivity index (χ1v) is 15.2. The Morgan fingerprint density at radius 1 is 1.13 bits per heavy atom. The lowest BCUT2D eigenvalue weighted by atomic mass is 9.73. The number of ether oxygens (including phenoxy) is 1. The average molecular weight is 538 g/mol. The fourth-order valence-corrected chi connectivity index (χ4v) is 7.26. The number of hydrogen-bond donors (Lipinski definition) is 2. The Morgan fingerprint density at radius 3 is 2.53 bits per heavy atom. The van der Waals surface area contributed by atoms with Crippen molar-refractivity contribution in [1.29, 1.82) is 0 Å². The van der Waals surface area contributed by atoms with Crippen molar-refractivity contribution in [3.8, 4) is 10.4 Å². The summed E-state index contributed by atoms with van der Waals surface area (Å²) in [7, 11) is 0. The number of benzene rings is 1. The molecule has 2 amide bonds. The molecular weight excluding hydrogens is 494 g/mol. The van der Waals surface area contributed by atoms with E-state index >= 15 is 0 Å². The number of aromatic nitrogens is 1. The maximum Gasteiger partial charge on any atom is 0.280 e. The lowest BCUT2D eigenvalue weighted by molar-refractivity contribution is -0.117. The minimum Gasteiger partial charge on any atom is -0.381 e. The summed E-state index contributed by atoms with van der Waals surface area (Å²) in [6.07, 6.45) is 9.42. The molecule has 0 spiro atoms. The normalized spacial score (nSPS) is 20.6. The molecule has 2 aliphatic heterocycles. The van der Waals surface area contributed by atoms with E-state index in [0.717, 1.165) is 46.6 Å². The second kappa shape index (κ2) is 10.7. The van der Waals surface area contributed by atoms with Gasteiger partial charge in [-0.3, -0.25) is 9.59 Å². The fraction of sp³-hybridized carbons (Fsp3) is 0.645. The molecule has 1 aromatic heterocycles. The van der Waals surface area contributed by atoms with Gasteiger partial charge in [0.05, 0.1) is 10.6 Å². The predicted molar refractivity (Wildman–Crippen MR) is 154 cm³/mol. The van der Waals surface area contributed by atoms with Gasteiger partial charge < -0.3 is 15.4 Å². The third-order valence-electron chi connectivity index (χ3n) is 8.46. The summed E-state index contributed by atoms with van der Waals surface area (Å²) in [5.41, 5.74) is 5.01. The number of nitrogens with one attached hydrogen (secondary N) is 2. The summed E-state index contributed by atoms with van der Waals surface area (Å²) in [6, 6.07) is 4.63. The lowest BCUT2D eigenvalue weighted by Gasteiger charge is -2.36. The van der Waals surface area contributed by atoms with Gasteiger partial charge in [-0.1, -0.05) is 66.7 Å². The zero-order chi connectivity index (χ0) is 27.1. The quantitative estimate of drug-likeness (QED) is 0.442. The van der Waals surface area contributed by atoms with Crippen molar-refractivity contribution in [2.75, 3.05) is 18.5 Å². The molecule has 2 N–H and O–H groups in total. The highest BCUT2D eigenvalue weighted by molar-refractivity contribution is 7.17. The monoisotopic (exact) mass is 537 g/mol. The van der Waals surface area contributed by atoms with E-state index in [2.05, 4.69) is 57.4 Å². The second-order valence-electron chi connectivity index (χ2n) is 13.2. The minimum absolute atomic E-state index is 0.0698. The molecule has 0 bridgehead atoms. The zero-order valence-corrected chi connectivity index (χ0v) is 24.5. The number of nitrogens with zero attached hydrogens (tertiary/aromatic N) is 1. The van der Waals surface area contributed by atoms with E-state index in [4.69, 9.17) is 9.72 Å². The molecule has 206 valence electrons. The van der Waals surface area contributed by atoms with E-state index < -0.39 is 0 Å². The maximum atomic E-state index is 13.3. The molecule has 1 aliphatic carbocycles. The molecule has 3 aliphatic rings. The first kappa shape index (κ1) is 27.3. The molecule has 1 saturated heterocycles. The topological polar surface area (TPSA) is 80.3 Å². The summed E-state index contributed by atoms with van der Waals surface area (Å²) in [5.74, 6) is 0.620. The Kier molecular flexibility index (Phi) is 7.71. The summed E-state index contributed by atoms with van der Waals surface area (Å²) < 4.78 is 5.47. The van der Waals surface area contributed by atoms with Crippen molar-refractivity contribution in [1.82, 2.24) is 10.3 Å². The molecule has 0 atom stereocenters. The third-order valence-corrected chi connectivity index (χ3v) is 9.60. The van der Waals surface area contributed by atoms with Gasteiger partial charge in [-0.15, -0.1) is 11.3 Å². The fourth-order valence-electron chi connectivity index (χ4n) is 6.28. The molecule has 5 rings (SSSR count). The number of hydrogen-bond acceptors (Lipinski definition) is 5. The minimum atomic E-state index is -0.273. The molecule has 2 aromatic rings. The van der Waals surface area contributed by atoms with Gasteiger partial charge >= 0.3 is 0 Å². The van der Waals surface area contributed by atoms with Crippen LogP contribution in [0.25, 0.3) is 10.4 Å². The SMILES string of the molecule is CC(C)(C)c1cc(-c2sc(C(=O)NC3CCOCC3)nc2CC2CCCCC2)cc2c1NC(=O)CC2(C)C. The summed E-state index contributed by atoms with van der Waals surface area (Å²) in [6.45, 7) is 12.3. The van der Waals surface area contributed by atoms with E-state index in [0.29, 0.717) is 30.6 Å². The van der Waals surface area contributed by atoms with E-state index in [1.54, 1.807) is 0 Å². The molecule has 1 saturated carbocycles. The molecule has 3 heterocycles. The summed E-state index contributed by atoms with van der Waals surface area (Å²) in [4.78, 5) is 32.1. The van der Waals surface area contributed by atoms with Crippen molar-refractivity contribution >= 4 is 28.8 Å². The highest BCUT2D eigenvalue weighted by Gasteiger charge is 2.36. The van der Waals surface area contributed by atoms with E-state index in [9.17, 15) is 9.59 Å². The van der Waals surface area contributed by atoms with Crippen molar-refractivity contribution in [2.45, 2.75) is 109 Å². The molecule has 0 radical (unpaired) electrons. The van der Waals surface area contributed by atoms with Crippen LogP contribution in [0.2, 0.25) is 0 Å². The van der Waals surface area contributed by atoms with Crippen molar-refractivity contribution < 1.29 is 14.3 Å². The Balaban J connectivity index is 1.58. The smallest absolute Gasteiger partial charge is 0.280 e. The van der Waals surface area contributed by atoms with Crippen LogP contribution < -0.4 is 10.6 Å². The predicted octanol–water partition coefficient (Wildman–Crippen LogP) is 6.76. The second-order valence-corrected chi connectivity index (χ2v) is 14.2. The first-order valence-electron chi connectivity index (χ1n) is 14.4. The Bertz CT molecular complexity index is 1180. The van der Waals surface area contributed by atoms with Gasteiger partial charge in [-0.2, -0.15) is 0 Å². The summed E-state index contributed by atoms with van der Waals surface area (Å²) >= 11 is 1.53. The highest BCUT2D eigenvalue weighted by atomic mass is 32.1. The van der Waals surface area contributed by atoms with Gasteiger partial charge in [0.2, 0.25) is 5.91 Å². The zero-order valence-electron chi connectivity index (χ0n) is 23.7.